The molecule has 4 atom stereocenters. The molecule has 1 aliphatic heterocycles. The number of rotatable bonds is 7. The highest BCUT2D eigenvalue weighted by Gasteiger charge is 2.53. The van der Waals surface area contributed by atoms with Crippen LogP contribution in [0.2, 0.25) is 0 Å². The highest BCUT2D eigenvalue weighted by Crippen LogP contribution is 2.57. The molecule has 6 rings (SSSR count). The highest BCUT2D eigenvalue weighted by atomic mass is 31.1. The summed E-state index contributed by atoms with van der Waals surface area (Å²) in [6.07, 6.45) is 2.66. The third-order valence-corrected chi connectivity index (χ3v) is 13.2. The van der Waals surface area contributed by atoms with Gasteiger partial charge in [0.2, 0.25) is 0 Å². The summed E-state index contributed by atoms with van der Waals surface area (Å²) < 4.78 is 5.94. The molecule has 4 aromatic carbocycles. The Hall–Kier alpha value is -2.73. The first-order valence-corrected chi connectivity index (χ1v) is 15.7. The Kier molecular flexibility index (Phi) is 8.24. The van der Waals surface area contributed by atoms with Crippen LogP contribution in [0.3, 0.4) is 0 Å². The Balaban J connectivity index is 0.00000280. The maximum atomic E-state index is 12.4. The number of hydrogen-bond donors (Lipinski definition) is 0. The van der Waals surface area contributed by atoms with Crippen molar-refractivity contribution in [2.45, 2.75) is 24.6 Å². The van der Waals surface area contributed by atoms with Crippen molar-refractivity contribution in [1.82, 2.24) is 0 Å². The van der Waals surface area contributed by atoms with Gasteiger partial charge in [0.25, 0.3) is 0 Å². The van der Waals surface area contributed by atoms with Gasteiger partial charge in [-0.1, -0.05) is 121 Å². The van der Waals surface area contributed by atoms with Gasteiger partial charge in [-0.3, -0.25) is 4.79 Å². The minimum Gasteiger partial charge on any atom is -0.462 e. The lowest BCUT2D eigenvalue weighted by Gasteiger charge is -2.34. The van der Waals surface area contributed by atoms with Crippen molar-refractivity contribution < 1.29 is 9.53 Å². The molecule has 0 spiro atoms. The normalized spacial score (nSPS) is 22.5. The zero-order valence-electron chi connectivity index (χ0n) is 20.8. The first-order valence-electron chi connectivity index (χ1n) is 12.7. The molecule has 0 amide bonds. The molecule has 2 nitrogen and oxygen atoms in total. The number of ether oxygens (including phenoxy) is 1. The van der Waals surface area contributed by atoms with Gasteiger partial charge in [-0.25, -0.2) is 0 Å². The number of carbonyl (C=O) groups is 1. The summed E-state index contributed by atoms with van der Waals surface area (Å²) >= 11 is 0. The predicted octanol–water partition coefficient (Wildman–Crippen LogP) is 5.19. The van der Waals surface area contributed by atoms with Gasteiger partial charge in [-0.2, -0.15) is 0 Å². The molecular formula is C32H30BO2P2. The molecule has 0 bridgehead atoms. The highest BCUT2D eigenvalue weighted by molar-refractivity contribution is 7.74. The molecule has 183 valence electrons. The van der Waals surface area contributed by atoms with Crippen LogP contribution >= 0.6 is 15.8 Å². The quantitative estimate of drug-likeness (QED) is 0.191. The molecule has 1 saturated carbocycles. The van der Waals surface area contributed by atoms with Crippen LogP contribution in [0, 0.1) is 11.8 Å². The van der Waals surface area contributed by atoms with E-state index < -0.39 is 15.8 Å². The lowest BCUT2D eigenvalue weighted by molar-refractivity contribution is -0.141. The topological polar surface area (TPSA) is 26.3 Å². The van der Waals surface area contributed by atoms with Crippen LogP contribution in [0.4, 0.5) is 0 Å². The second-order valence-electron chi connectivity index (χ2n) is 9.69. The van der Waals surface area contributed by atoms with Crippen LogP contribution in [0.15, 0.2) is 121 Å². The number of fused-ring (bicyclic) bond motifs is 1. The van der Waals surface area contributed by atoms with Crippen molar-refractivity contribution in [3.63, 3.8) is 0 Å². The molecule has 1 aliphatic carbocycles. The summed E-state index contributed by atoms with van der Waals surface area (Å²) in [5.74, 6) is 0.720. The molecule has 0 N–H and O–H groups in total. The minimum absolute atomic E-state index is 0. The van der Waals surface area contributed by atoms with Gasteiger partial charge in [0.05, 0.1) is 6.42 Å². The Morgan fingerprint density at radius 1 is 0.649 bits per heavy atom. The summed E-state index contributed by atoms with van der Waals surface area (Å²) in [6.45, 7) is 0. The summed E-state index contributed by atoms with van der Waals surface area (Å²) in [6, 6.07) is 44.0. The molecule has 2 aliphatic rings. The number of carbonyl (C=O) groups excluding carboxylic acids is 1. The van der Waals surface area contributed by atoms with Crippen LogP contribution in [0.1, 0.15) is 12.8 Å². The van der Waals surface area contributed by atoms with E-state index in [1.807, 2.05) is 0 Å². The first-order chi connectivity index (χ1) is 17.8. The van der Waals surface area contributed by atoms with Gasteiger partial charge in [-0.15, -0.1) is 0 Å². The Bertz CT molecular complexity index is 1210. The fourth-order valence-electron chi connectivity index (χ4n) is 6.03. The molecule has 3 radical (unpaired) electrons. The number of hydrogen-bond acceptors (Lipinski definition) is 2. The van der Waals surface area contributed by atoms with Crippen LogP contribution in [0.5, 0.6) is 0 Å². The predicted molar refractivity (Wildman–Crippen MR) is 159 cm³/mol. The number of benzene rings is 4. The van der Waals surface area contributed by atoms with Gasteiger partial charge >= 0.3 is 5.97 Å². The second-order valence-corrected chi connectivity index (χ2v) is 14.4. The van der Waals surface area contributed by atoms with Crippen LogP contribution in [0.25, 0.3) is 0 Å². The zero-order chi connectivity index (χ0) is 24.3. The molecule has 5 heteroatoms. The first kappa shape index (κ1) is 25.9. The fraction of sp³-hybridized carbons (Fsp3) is 0.219. The van der Waals surface area contributed by atoms with Gasteiger partial charge in [0, 0.05) is 14.3 Å². The summed E-state index contributed by atoms with van der Waals surface area (Å²) in [5, 5.41) is 5.66. The second kappa shape index (κ2) is 11.8. The van der Waals surface area contributed by atoms with Crippen molar-refractivity contribution in [3.05, 3.63) is 121 Å². The maximum Gasteiger partial charge on any atom is 0.306 e. The van der Waals surface area contributed by atoms with Gasteiger partial charge in [-0.05, 0) is 61.2 Å². The van der Waals surface area contributed by atoms with Crippen molar-refractivity contribution in [1.29, 1.82) is 0 Å². The van der Waals surface area contributed by atoms with Crippen molar-refractivity contribution in [2.75, 3.05) is 6.16 Å². The van der Waals surface area contributed by atoms with E-state index in [0.717, 1.165) is 12.6 Å². The Labute approximate surface area is 224 Å². The Morgan fingerprint density at radius 3 is 1.54 bits per heavy atom. The third kappa shape index (κ3) is 5.45. The van der Waals surface area contributed by atoms with E-state index in [2.05, 4.69) is 121 Å². The smallest absolute Gasteiger partial charge is 0.306 e. The van der Waals surface area contributed by atoms with E-state index >= 15 is 0 Å². The van der Waals surface area contributed by atoms with E-state index in [1.165, 1.54) is 21.2 Å². The maximum absolute atomic E-state index is 12.4. The van der Waals surface area contributed by atoms with E-state index in [0.29, 0.717) is 23.9 Å². The molecule has 37 heavy (non-hydrogen) atoms. The van der Waals surface area contributed by atoms with E-state index in [9.17, 15) is 4.79 Å². The summed E-state index contributed by atoms with van der Waals surface area (Å²) in [4.78, 5) is 12.4. The Morgan fingerprint density at radius 2 is 1.08 bits per heavy atom. The average molecular weight is 519 g/mol. The molecule has 4 aromatic rings. The van der Waals surface area contributed by atoms with Crippen molar-refractivity contribution in [2.24, 2.45) is 11.8 Å². The van der Waals surface area contributed by atoms with Gasteiger partial charge < -0.3 is 4.74 Å². The number of esters is 1. The lowest BCUT2D eigenvalue weighted by atomic mass is 9.95. The van der Waals surface area contributed by atoms with Crippen LogP contribution < -0.4 is 21.2 Å². The zero-order valence-corrected chi connectivity index (χ0v) is 22.6. The SMILES string of the molecule is O=C1C[C@@H]2[C@@H](CP(c3ccccc3)c3ccccc3)[C@@H](P(c3ccccc3)c3ccccc3)C[C@@H]2O1.[B]. The van der Waals surface area contributed by atoms with E-state index in [1.54, 1.807) is 0 Å². The van der Waals surface area contributed by atoms with Crippen LogP contribution in [-0.4, -0.2) is 32.3 Å². The lowest BCUT2D eigenvalue weighted by Crippen LogP contribution is -2.31. The summed E-state index contributed by atoms with van der Waals surface area (Å²) in [5.41, 5.74) is 0.477. The minimum atomic E-state index is -0.580. The van der Waals surface area contributed by atoms with Gasteiger partial charge in [0.1, 0.15) is 6.10 Å². The summed E-state index contributed by atoms with van der Waals surface area (Å²) in [7, 11) is -1.13. The molecule has 2 fully saturated rings. The molecule has 1 heterocycles. The van der Waals surface area contributed by atoms with Crippen molar-refractivity contribution >= 4 is 51.4 Å². The van der Waals surface area contributed by atoms with Crippen LogP contribution in [-0.2, 0) is 9.53 Å². The standard InChI is InChI=1S/C32H30O2P2.B/c33-32-21-28-29(23-35(24-13-5-1-6-14-24)25-15-7-2-8-16-25)31(22-30(28)34-32)36(26-17-9-3-10-18-26)27-19-11-4-12-20-27;/h1-20,28-31H,21-23H2;/t28-,29-,30+,31+;/m1./s1. The molecule has 0 unspecified atom stereocenters. The molecule has 0 aromatic heterocycles. The van der Waals surface area contributed by atoms with E-state index in [-0.39, 0.29) is 20.5 Å². The largest absolute Gasteiger partial charge is 0.462 e. The molecular weight excluding hydrogens is 489 g/mol. The van der Waals surface area contributed by atoms with Crippen molar-refractivity contribution in [3.8, 4) is 0 Å². The fourth-order valence-corrected chi connectivity index (χ4v) is 12.1. The average Bonchev–Trinajstić information content (AvgIpc) is 3.45. The third-order valence-electron chi connectivity index (χ3n) is 7.61. The van der Waals surface area contributed by atoms with E-state index in [4.69, 9.17) is 4.74 Å². The van der Waals surface area contributed by atoms with Gasteiger partial charge in [0.15, 0.2) is 0 Å². The molecule has 1 saturated heterocycles. The monoisotopic (exact) mass is 519 g/mol.